The van der Waals surface area contributed by atoms with Crippen LogP contribution in [0.2, 0.25) is 0 Å². The molecule has 0 aromatic carbocycles. The van der Waals surface area contributed by atoms with E-state index in [2.05, 4.69) is 31.0 Å². The van der Waals surface area contributed by atoms with Crippen LogP contribution in [0, 0.1) is 0 Å². The van der Waals surface area contributed by atoms with E-state index < -0.39 is 5.69 Å². The fourth-order valence-corrected chi connectivity index (χ4v) is 3.53. The molecule has 0 amide bonds. The molecule has 3 aromatic heterocycles. The van der Waals surface area contributed by atoms with E-state index in [-0.39, 0.29) is 5.56 Å². The number of aromatic amines is 2. The van der Waals surface area contributed by atoms with Crippen molar-refractivity contribution in [1.82, 2.24) is 24.6 Å². The highest BCUT2D eigenvalue weighted by molar-refractivity contribution is 5.70. The van der Waals surface area contributed by atoms with Crippen molar-refractivity contribution in [2.24, 2.45) is 0 Å². The molecule has 0 spiro atoms. The van der Waals surface area contributed by atoms with Crippen molar-refractivity contribution in [3.63, 3.8) is 0 Å². The predicted molar refractivity (Wildman–Crippen MR) is 97.1 cm³/mol. The number of rotatable bonds is 3. The van der Waals surface area contributed by atoms with Crippen LogP contribution < -0.4 is 21.0 Å². The minimum atomic E-state index is -0.478. The summed E-state index contributed by atoms with van der Waals surface area (Å²) in [6.45, 7) is 2.91. The minimum absolute atomic E-state index is 0.385. The molecule has 26 heavy (non-hydrogen) atoms. The van der Waals surface area contributed by atoms with E-state index in [0.29, 0.717) is 24.8 Å². The summed E-state index contributed by atoms with van der Waals surface area (Å²) in [5.74, 6) is 2.10. The van der Waals surface area contributed by atoms with Gasteiger partial charge in [-0.15, -0.1) is 0 Å². The van der Waals surface area contributed by atoms with Crippen LogP contribution in [-0.4, -0.2) is 50.7 Å². The second kappa shape index (κ2) is 5.72. The molecule has 9 heteroatoms. The molecule has 1 saturated carbocycles. The molecule has 0 radical (unpaired) electrons. The molecule has 1 aliphatic heterocycles. The van der Waals surface area contributed by atoms with Gasteiger partial charge in [-0.25, -0.2) is 14.3 Å². The Morgan fingerprint density at radius 3 is 2.50 bits per heavy atom. The smallest absolute Gasteiger partial charge is 0.327 e. The van der Waals surface area contributed by atoms with Gasteiger partial charge in [0.2, 0.25) is 0 Å². The maximum atomic E-state index is 11.5. The van der Waals surface area contributed by atoms with Gasteiger partial charge in [0, 0.05) is 50.6 Å². The standard InChI is InChI=1S/C17H19N7O2/c25-15-10-14(19-17(26)20-15)22-5-7-23(8-6-22)16-13-9-12(11-1-2-11)21-24(13)4-3-18-16/h3-4,9-11H,1-2,5-8H2,(H2,19,20,25,26). The number of anilines is 2. The van der Waals surface area contributed by atoms with E-state index in [1.54, 1.807) is 6.20 Å². The summed E-state index contributed by atoms with van der Waals surface area (Å²) in [4.78, 5) is 36.7. The summed E-state index contributed by atoms with van der Waals surface area (Å²) in [5, 5.41) is 4.67. The highest BCUT2D eigenvalue weighted by atomic mass is 16.2. The Hall–Kier alpha value is -3.10. The first-order valence-electron chi connectivity index (χ1n) is 8.85. The number of aromatic nitrogens is 5. The summed E-state index contributed by atoms with van der Waals surface area (Å²) < 4.78 is 1.91. The second-order valence-corrected chi connectivity index (χ2v) is 6.87. The van der Waals surface area contributed by atoms with Crippen molar-refractivity contribution >= 4 is 17.2 Å². The van der Waals surface area contributed by atoms with E-state index >= 15 is 0 Å². The Morgan fingerprint density at radius 1 is 1.00 bits per heavy atom. The average molecular weight is 353 g/mol. The number of piperazine rings is 1. The Balaban J connectivity index is 1.39. The molecule has 2 fully saturated rings. The minimum Gasteiger partial charge on any atom is -0.354 e. The third-order valence-corrected chi connectivity index (χ3v) is 5.05. The number of hydrogen-bond acceptors (Lipinski definition) is 6. The van der Waals surface area contributed by atoms with Gasteiger partial charge in [-0.2, -0.15) is 5.10 Å². The molecule has 1 aliphatic carbocycles. The largest absolute Gasteiger partial charge is 0.354 e. The normalized spacial score (nSPS) is 17.8. The van der Waals surface area contributed by atoms with Gasteiger partial charge in [0.25, 0.3) is 5.56 Å². The third kappa shape index (κ3) is 2.65. The molecule has 4 heterocycles. The zero-order valence-electron chi connectivity index (χ0n) is 14.2. The van der Waals surface area contributed by atoms with Gasteiger partial charge in [0.15, 0.2) is 5.82 Å². The molecule has 0 atom stereocenters. The van der Waals surface area contributed by atoms with Crippen LogP contribution in [0.15, 0.2) is 34.1 Å². The first-order valence-corrected chi connectivity index (χ1v) is 8.85. The van der Waals surface area contributed by atoms with Crippen molar-refractivity contribution in [1.29, 1.82) is 0 Å². The number of nitrogens with one attached hydrogen (secondary N) is 2. The number of fused-ring (bicyclic) bond motifs is 1. The average Bonchev–Trinajstić information content (AvgIpc) is 3.39. The van der Waals surface area contributed by atoms with Crippen molar-refractivity contribution in [3.05, 3.63) is 51.1 Å². The van der Waals surface area contributed by atoms with Crippen LogP contribution in [0.3, 0.4) is 0 Å². The van der Waals surface area contributed by atoms with E-state index in [0.717, 1.165) is 30.1 Å². The topological polar surface area (TPSA) is 102 Å². The summed E-state index contributed by atoms with van der Waals surface area (Å²) >= 11 is 0. The lowest BCUT2D eigenvalue weighted by Crippen LogP contribution is -2.48. The van der Waals surface area contributed by atoms with Crippen molar-refractivity contribution in [2.75, 3.05) is 36.0 Å². The Bertz CT molecular complexity index is 1040. The summed E-state index contributed by atoms with van der Waals surface area (Å²) in [6, 6.07) is 3.58. The van der Waals surface area contributed by atoms with Gasteiger partial charge in [-0.1, -0.05) is 0 Å². The van der Waals surface area contributed by atoms with Crippen LogP contribution >= 0.6 is 0 Å². The molecule has 3 aromatic rings. The van der Waals surface area contributed by atoms with Gasteiger partial charge in [0.1, 0.15) is 11.3 Å². The predicted octanol–water partition coefficient (Wildman–Crippen LogP) is 0.310. The van der Waals surface area contributed by atoms with Crippen LogP contribution in [0.4, 0.5) is 11.6 Å². The van der Waals surface area contributed by atoms with Crippen LogP contribution in [0.5, 0.6) is 0 Å². The third-order valence-electron chi connectivity index (χ3n) is 5.05. The zero-order chi connectivity index (χ0) is 17.7. The molecule has 2 aliphatic rings. The highest BCUT2D eigenvalue weighted by Crippen LogP contribution is 2.40. The fraction of sp³-hybridized carbons (Fsp3) is 0.412. The SMILES string of the molecule is O=c1cc(N2CCN(c3nccn4nc(C5CC5)cc34)CC2)[nH]c(=O)[nH]1. The lowest BCUT2D eigenvalue weighted by atomic mass is 10.2. The van der Waals surface area contributed by atoms with Crippen LogP contribution in [-0.2, 0) is 0 Å². The molecular weight excluding hydrogens is 334 g/mol. The van der Waals surface area contributed by atoms with E-state index in [9.17, 15) is 9.59 Å². The van der Waals surface area contributed by atoms with E-state index in [1.807, 2.05) is 15.6 Å². The number of nitrogens with zero attached hydrogens (tertiary/aromatic N) is 5. The summed E-state index contributed by atoms with van der Waals surface area (Å²) in [6.07, 6.45) is 6.12. The number of hydrogen-bond donors (Lipinski definition) is 2. The zero-order valence-corrected chi connectivity index (χ0v) is 14.2. The van der Waals surface area contributed by atoms with E-state index in [1.165, 1.54) is 18.9 Å². The molecule has 1 saturated heterocycles. The molecule has 0 unspecified atom stereocenters. The molecule has 9 nitrogen and oxygen atoms in total. The Kier molecular flexibility index (Phi) is 3.34. The summed E-state index contributed by atoms with van der Waals surface area (Å²) in [7, 11) is 0. The molecule has 5 rings (SSSR count). The fourth-order valence-electron chi connectivity index (χ4n) is 3.53. The number of H-pyrrole nitrogens is 2. The maximum absolute atomic E-state index is 11.5. The van der Waals surface area contributed by atoms with Gasteiger partial charge in [-0.05, 0) is 18.9 Å². The lowest BCUT2D eigenvalue weighted by molar-refractivity contribution is 0.639. The van der Waals surface area contributed by atoms with Gasteiger partial charge >= 0.3 is 5.69 Å². The monoisotopic (exact) mass is 353 g/mol. The molecule has 0 bridgehead atoms. The first-order chi connectivity index (χ1) is 12.7. The van der Waals surface area contributed by atoms with Crippen molar-refractivity contribution in [3.8, 4) is 0 Å². The quantitative estimate of drug-likeness (QED) is 0.703. The molecule has 2 N–H and O–H groups in total. The van der Waals surface area contributed by atoms with Crippen molar-refractivity contribution < 1.29 is 0 Å². The van der Waals surface area contributed by atoms with Crippen LogP contribution in [0.1, 0.15) is 24.5 Å². The van der Waals surface area contributed by atoms with Gasteiger partial charge in [-0.3, -0.25) is 14.8 Å². The van der Waals surface area contributed by atoms with Crippen molar-refractivity contribution in [2.45, 2.75) is 18.8 Å². The summed E-state index contributed by atoms with van der Waals surface area (Å²) in [5.41, 5.74) is 1.32. The molecular formula is C17H19N7O2. The second-order valence-electron chi connectivity index (χ2n) is 6.87. The van der Waals surface area contributed by atoms with Gasteiger partial charge < -0.3 is 9.80 Å². The van der Waals surface area contributed by atoms with E-state index in [4.69, 9.17) is 0 Å². The highest BCUT2D eigenvalue weighted by Gasteiger charge is 2.28. The lowest BCUT2D eigenvalue weighted by Gasteiger charge is -2.36. The molecule has 134 valence electrons. The van der Waals surface area contributed by atoms with Crippen LogP contribution in [0.25, 0.3) is 5.52 Å². The Labute approximate surface area is 148 Å². The maximum Gasteiger partial charge on any atom is 0.327 e. The van der Waals surface area contributed by atoms with Gasteiger partial charge in [0.05, 0.1) is 5.69 Å². The Morgan fingerprint density at radius 2 is 1.77 bits per heavy atom. The first kappa shape index (κ1) is 15.2.